The van der Waals surface area contributed by atoms with E-state index < -0.39 is 5.54 Å². The van der Waals surface area contributed by atoms with Gasteiger partial charge >= 0.3 is 5.97 Å². The molecule has 2 atom stereocenters. The van der Waals surface area contributed by atoms with E-state index in [9.17, 15) is 4.79 Å². The molecule has 1 aliphatic heterocycles. The molecular formula is C15H27NO4. The maximum Gasteiger partial charge on any atom is 0.326 e. The fraction of sp³-hybridized carbons (Fsp3) is 0.933. The number of nitrogens with one attached hydrogen (secondary N) is 1. The molecule has 1 saturated heterocycles. The summed E-state index contributed by atoms with van der Waals surface area (Å²) in [5, 5.41) is 3.40. The number of esters is 1. The van der Waals surface area contributed by atoms with E-state index in [2.05, 4.69) is 5.32 Å². The Kier molecular flexibility index (Phi) is 5.81. The molecule has 5 heteroatoms. The van der Waals surface area contributed by atoms with Crippen molar-refractivity contribution in [3.05, 3.63) is 0 Å². The van der Waals surface area contributed by atoms with Crippen molar-refractivity contribution in [1.29, 1.82) is 0 Å². The second kappa shape index (κ2) is 7.38. The first kappa shape index (κ1) is 15.7. The van der Waals surface area contributed by atoms with Crippen LogP contribution in [0.2, 0.25) is 0 Å². The van der Waals surface area contributed by atoms with E-state index in [4.69, 9.17) is 14.2 Å². The zero-order valence-electron chi connectivity index (χ0n) is 12.7. The molecule has 2 fully saturated rings. The van der Waals surface area contributed by atoms with Crippen LogP contribution in [0.5, 0.6) is 0 Å². The molecule has 0 aromatic heterocycles. The molecule has 2 aliphatic rings. The second-order valence-electron chi connectivity index (χ2n) is 6.03. The van der Waals surface area contributed by atoms with Crippen LogP contribution in [-0.2, 0) is 19.0 Å². The van der Waals surface area contributed by atoms with Gasteiger partial charge in [-0.3, -0.25) is 10.1 Å². The Morgan fingerprint density at radius 3 is 2.80 bits per heavy atom. The standard InChI is InChI=1S/C15H27NO4/c1-3-20-14(17)15(2,16-13-4-5-13)7-9-19-11-12-6-8-18-10-12/h12-13,16H,3-11H2,1-2H3. The largest absolute Gasteiger partial charge is 0.465 e. The Morgan fingerprint density at radius 1 is 1.40 bits per heavy atom. The Balaban J connectivity index is 1.72. The SMILES string of the molecule is CCOC(=O)C(C)(CCOCC1CCOC1)NC1CC1. The number of hydrogen-bond donors (Lipinski definition) is 1. The van der Waals surface area contributed by atoms with E-state index >= 15 is 0 Å². The molecule has 2 unspecified atom stereocenters. The Hall–Kier alpha value is -0.650. The first-order chi connectivity index (χ1) is 9.64. The lowest BCUT2D eigenvalue weighted by atomic mass is 9.98. The van der Waals surface area contributed by atoms with Gasteiger partial charge in [0.1, 0.15) is 5.54 Å². The minimum absolute atomic E-state index is 0.167. The van der Waals surface area contributed by atoms with Gasteiger partial charge in [-0.05, 0) is 39.5 Å². The molecule has 0 amide bonds. The Morgan fingerprint density at radius 2 is 2.20 bits per heavy atom. The smallest absolute Gasteiger partial charge is 0.326 e. The summed E-state index contributed by atoms with van der Waals surface area (Å²) in [5.41, 5.74) is -0.622. The summed E-state index contributed by atoms with van der Waals surface area (Å²) in [6, 6.07) is 0.465. The van der Waals surface area contributed by atoms with Crippen LogP contribution >= 0.6 is 0 Å². The van der Waals surface area contributed by atoms with Gasteiger partial charge in [0.25, 0.3) is 0 Å². The molecule has 116 valence electrons. The third-order valence-electron chi connectivity index (χ3n) is 3.95. The van der Waals surface area contributed by atoms with E-state index in [1.807, 2.05) is 13.8 Å². The fourth-order valence-electron chi connectivity index (χ4n) is 2.44. The van der Waals surface area contributed by atoms with Crippen LogP contribution < -0.4 is 5.32 Å². The molecule has 5 nitrogen and oxygen atoms in total. The van der Waals surface area contributed by atoms with Gasteiger partial charge in [0.05, 0.1) is 19.8 Å². The minimum Gasteiger partial charge on any atom is -0.465 e. The third kappa shape index (κ3) is 4.72. The quantitative estimate of drug-likeness (QED) is 0.514. The van der Waals surface area contributed by atoms with Gasteiger partial charge in [-0.15, -0.1) is 0 Å². The van der Waals surface area contributed by atoms with Crippen molar-refractivity contribution >= 4 is 5.97 Å². The molecule has 0 aromatic rings. The fourth-order valence-corrected chi connectivity index (χ4v) is 2.44. The van der Waals surface area contributed by atoms with Crippen molar-refractivity contribution in [2.24, 2.45) is 5.92 Å². The lowest BCUT2D eigenvalue weighted by Crippen LogP contribution is -2.52. The van der Waals surface area contributed by atoms with Gasteiger partial charge in [0, 0.05) is 25.2 Å². The van der Waals surface area contributed by atoms with Crippen molar-refractivity contribution in [2.45, 2.75) is 51.1 Å². The predicted molar refractivity (Wildman–Crippen MR) is 75.6 cm³/mol. The van der Waals surface area contributed by atoms with E-state index in [-0.39, 0.29) is 5.97 Å². The lowest BCUT2D eigenvalue weighted by Gasteiger charge is -2.28. The van der Waals surface area contributed by atoms with Gasteiger partial charge in [0.15, 0.2) is 0 Å². The maximum atomic E-state index is 12.1. The highest BCUT2D eigenvalue weighted by atomic mass is 16.5. The van der Waals surface area contributed by atoms with Gasteiger partial charge in [-0.1, -0.05) is 0 Å². The molecule has 20 heavy (non-hydrogen) atoms. The highest BCUT2D eigenvalue weighted by Crippen LogP contribution is 2.25. The minimum atomic E-state index is -0.622. The summed E-state index contributed by atoms with van der Waals surface area (Å²) in [7, 11) is 0. The van der Waals surface area contributed by atoms with Crippen molar-refractivity contribution in [1.82, 2.24) is 5.32 Å². The van der Waals surface area contributed by atoms with Crippen LogP contribution in [0.1, 0.15) is 39.5 Å². The van der Waals surface area contributed by atoms with Gasteiger partial charge < -0.3 is 14.2 Å². The molecule has 1 saturated carbocycles. The van der Waals surface area contributed by atoms with E-state index in [0.29, 0.717) is 31.6 Å². The molecule has 1 heterocycles. The van der Waals surface area contributed by atoms with Crippen LogP contribution in [0.15, 0.2) is 0 Å². The Bertz CT molecular complexity index is 313. The number of carbonyl (C=O) groups excluding carboxylic acids is 1. The zero-order chi connectivity index (χ0) is 14.4. The monoisotopic (exact) mass is 285 g/mol. The average Bonchev–Trinajstić information content (AvgIpc) is 3.07. The van der Waals surface area contributed by atoms with Gasteiger partial charge in [0.2, 0.25) is 0 Å². The van der Waals surface area contributed by atoms with Gasteiger partial charge in [-0.25, -0.2) is 0 Å². The molecule has 1 aliphatic carbocycles. The van der Waals surface area contributed by atoms with Crippen molar-refractivity contribution in [2.75, 3.05) is 33.0 Å². The number of rotatable bonds is 9. The molecule has 0 bridgehead atoms. The molecule has 0 radical (unpaired) electrons. The van der Waals surface area contributed by atoms with Crippen LogP contribution in [0.4, 0.5) is 0 Å². The summed E-state index contributed by atoms with van der Waals surface area (Å²) >= 11 is 0. The first-order valence-electron chi connectivity index (χ1n) is 7.74. The highest BCUT2D eigenvalue weighted by molar-refractivity contribution is 5.80. The number of carbonyl (C=O) groups is 1. The maximum absolute atomic E-state index is 12.1. The summed E-state index contributed by atoms with van der Waals surface area (Å²) in [6.07, 6.45) is 4.02. The highest BCUT2D eigenvalue weighted by Gasteiger charge is 2.39. The van der Waals surface area contributed by atoms with Crippen molar-refractivity contribution in [3.63, 3.8) is 0 Å². The number of hydrogen-bond acceptors (Lipinski definition) is 5. The topological polar surface area (TPSA) is 56.8 Å². The van der Waals surface area contributed by atoms with Crippen LogP contribution in [0.3, 0.4) is 0 Å². The molecule has 0 spiro atoms. The van der Waals surface area contributed by atoms with Gasteiger partial charge in [-0.2, -0.15) is 0 Å². The van der Waals surface area contributed by atoms with Crippen molar-refractivity contribution < 1.29 is 19.0 Å². The van der Waals surface area contributed by atoms with Crippen LogP contribution in [0, 0.1) is 5.92 Å². The van der Waals surface area contributed by atoms with E-state index in [1.54, 1.807) is 0 Å². The van der Waals surface area contributed by atoms with Crippen LogP contribution in [-0.4, -0.2) is 50.6 Å². The summed E-state index contributed by atoms with van der Waals surface area (Å²) < 4.78 is 16.2. The molecule has 0 aromatic carbocycles. The van der Waals surface area contributed by atoms with Crippen molar-refractivity contribution in [3.8, 4) is 0 Å². The molecule has 2 rings (SSSR count). The summed E-state index contributed by atoms with van der Waals surface area (Å²) in [4.78, 5) is 12.1. The third-order valence-corrected chi connectivity index (χ3v) is 3.95. The predicted octanol–water partition coefficient (Wildman–Crippen LogP) is 1.50. The first-order valence-corrected chi connectivity index (χ1v) is 7.74. The van der Waals surface area contributed by atoms with Crippen LogP contribution in [0.25, 0.3) is 0 Å². The second-order valence-corrected chi connectivity index (χ2v) is 6.03. The van der Waals surface area contributed by atoms with E-state index in [0.717, 1.165) is 39.1 Å². The van der Waals surface area contributed by atoms with E-state index in [1.165, 1.54) is 0 Å². The normalized spacial score (nSPS) is 25.4. The average molecular weight is 285 g/mol. The summed E-state index contributed by atoms with van der Waals surface area (Å²) in [6.45, 7) is 7.12. The molecular weight excluding hydrogens is 258 g/mol. The zero-order valence-corrected chi connectivity index (χ0v) is 12.7. The summed E-state index contributed by atoms with van der Waals surface area (Å²) in [5.74, 6) is 0.347. The molecule has 1 N–H and O–H groups in total. The number of ether oxygens (including phenoxy) is 3. The lowest BCUT2D eigenvalue weighted by molar-refractivity contribution is -0.151. The Labute approximate surface area is 121 Å².